The topological polar surface area (TPSA) is 70.5 Å². The van der Waals surface area contributed by atoms with Gasteiger partial charge in [0.25, 0.3) is 5.91 Å². The van der Waals surface area contributed by atoms with Crippen LogP contribution in [0.15, 0.2) is 36.5 Å². The van der Waals surface area contributed by atoms with Gasteiger partial charge in [0.2, 0.25) is 0 Å². The number of pyridine rings is 1. The molecule has 0 aliphatic carbocycles. The summed E-state index contributed by atoms with van der Waals surface area (Å²) in [5.74, 6) is -1.34. The maximum absolute atomic E-state index is 12.8. The Kier molecular flexibility index (Phi) is 3.60. The van der Waals surface area contributed by atoms with E-state index in [1.807, 2.05) is 32.0 Å². The molecule has 5 nitrogen and oxygen atoms in total. The molecule has 0 bridgehead atoms. The fraction of sp³-hybridized carbons (Fsp3) is 0.235. The normalized spacial score (nSPS) is 15.3. The average Bonchev–Trinajstić information content (AvgIpc) is 2.79. The van der Waals surface area contributed by atoms with Gasteiger partial charge < -0.3 is 10.0 Å². The lowest BCUT2D eigenvalue weighted by atomic mass is 9.87. The summed E-state index contributed by atoms with van der Waals surface area (Å²) in [5.41, 5.74) is 1.71. The van der Waals surface area contributed by atoms with E-state index >= 15 is 0 Å². The molecule has 0 spiro atoms. The number of anilines is 1. The lowest BCUT2D eigenvalue weighted by molar-refractivity contribution is 0.0695. The van der Waals surface area contributed by atoms with Crippen LogP contribution in [0, 0.1) is 0 Å². The maximum Gasteiger partial charge on any atom is 0.337 e. The lowest BCUT2D eigenvalue weighted by Gasteiger charge is -2.20. The third kappa shape index (κ3) is 2.57. The molecule has 0 saturated heterocycles. The summed E-state index contributed by atoms with van der Waals surface area (Å²) in [4.78, 5) is 29.3. The highest BCUT2D eigenvalue weighted by Crippen LogP contribution is 2.44. The Morgan fingerprint density at radius 2 is 2.00 bits per heavy atom. The molecule has 1 aliphatic rings. The van der Waals surface area contributed by atoms with Gasteiger partial charge in [0.15, 0.2) is 0 Å². The van der Waals surface area contributed by atoms with E-state index in [0.29, 0.717) is 11.6 Å². The fourth-order valence-electron chi connectivity index (χ4n) is 2.93. The van der Waals surface area contributed by atoms with Crippen molar-refractivity contribution in [2.24, 2.45) is 0 Å². The minimum atomic E-state index is -1.07. The molecule has 0 radical (unpaired) electrons. The van der Waals surface area contributed by atoms with Crippen molar-refractivity contribution in [3.63, 3.8) is 0 Å². The van der Waals surface area contributed by atoms with Crippen LogP contribution in [0.3, 0.4) is 0 Å². The molecule has 0 unspecified atom stereocenters. The van der Waals surface area contributed by atoms with Crippen LogP contribution >= 0.6 is 11.6 Å². The number of hydrogen-bond donors (Lipinski definition) is 1. The highest BCUT2D eigenvalue weighted by atomic mass is 35.5. The van der Waals surface area contributed by atoms with Gasteiger partial charge in [0.05, 0.1) is 5.56 Å². The zero-order chi connectivity index (χ0) is 16.8. The first-order chi connectivity index (χ1) is 10.8. The van der Waals surface area contributed by atoms with Crippen molar-refractivity contribution in [2.45, 2.75) is 19.3 Å². The zero-order valence-corrected chi connectivity index (χ0v) is 13.5. The minimum absolute atomic E-state index is 0.0479. The molecular formula is C17H15ClN2O3. The molecule has 0 fully saturated rings. The molecule has 1 aliphatic heterocycles. The standard InChI is InChI=1S/C17H15ClN2O3/c1-17(2)9-20(13-5-3-4-11(18)14(13)17)15(21)12-7-6-10(8-19-12)16(22)23/h3-8H,9H2,1-2H3,(H,22,23). The van der Waals surface area contributed by atoms with Crippen LogP contribution in [-0.4, -0.2) is 28.5 Å². The molecule has 1 N–H and O–H groups in total. The molecule has 0 atom stereocenters. The van der Waals surface area contributed by atoms with Crippen LogP contribution < -0.4 is 4.90 Å². The predicted molar refractivity (Wildman–Crippen MR) is 87.4 cm³/mol. The van der Waals surface area contributed by atoms with Crippen LogP contribution in [0.4, 0.5) is 5.69 Å². The Morgan fingerprint density at radius 1 is 1.26 bits per heavy atom. The first-order valence-electron chi connectivity index (χ1n) is 7.11. The number of nitrogens with zero attached hydrogens (tertiary/aromatic N) is 2. The molecule has 1 amide bonds. The van der Waals surface area contributed by atoms with E-state index in [1.54, 1.807) is 4.90 Å². The van der Waals surface area contributed by atoms with Gasteiger partial charge in [-0.3, -0.25) is 9.78 Å². The van der Waals surface area contributed by atoms with E-state index in [1.165, 1.54) is 18.3 Å². The minimum Gasteiger partial charge on any atom is -0.478 e. The van der Waals surface area contributed by atoms with Crippen molar-refractivity contribution in [1.29, 1.82) is 0 Å². The highest BCUT2D eigenvalue weighted by molar-refractivity contribution is 6.32. The number of carbonyl (C=O) groups excluding carboxylic acids is 1. The lowest BCUT2D eigenvalue weighted by Crippen LogP contribution is -2.34. The second kappa shape index (κ2) is 5.35. The molecule has 0 saturated carbocycles. The molecule has 6 heteroatoms. The Balaban J connectivity index is 1.99. The summed E-state index contributed by atoms with van der Waals surface area (Å²) in [5, 5.41) is 9.54. The van der Waals surface area contributed by atoms with Gasteiger partial charge >= 0.3 is 5.97 Å². The van der Waals surface area contributed by atoms with Gasteiger partial charge in [-0.25, -0.2) is 4.79 Å². The number of rotatable bonds is 2. The van der Waals surface area contributed by atoms with E-state index in [-0.39, 0.29) is 22.6 Å². The van der Waals surface area contributed by atoms with Crippen LogP contribution in [0.2, 0.25) is 5.02 Å². The quantitative estimate of drug-likeness (QED) is 0.916. The van der Waals surface area contributed by atoms with Gasteiger partial charge in [-0.15, -0.1) is 0 Å². The second-order valence-electron chi connectivity index (χ2n) is 6.15. The van der Waals surface area contributed by atoms with Gasteiger partial charge in [-0.1, -0.05) is 31.5 Å². The highest BCUT2D eigenvalue weighted by Gasteiger charge is 2.40. The Labute approximate surface area is 138 Å². The summed E-state index contributed by atoms with van der Waals surface area (Å²) in [6.45, 7) is 4.56. The summed E-state index contributed by atoms with van der Waals surface area (Å²) in [6.07, 6.45) is 1.19. The fourth-order valence-corrected chi connectivity index (χ4v) is 3.36. The Bertz CT molecular complexity index is 800. The monoisotopic (exact) mass is 330 g/mol. The predicted octanol–water partition coefficient (Wildman–Crippen LogP) is 3.37. The maximum atomic E-state index is 12.8. The van der Waals surface area contributed by atoms with E-state index < -0.39 is 5.97 Å². The van der Waals surface area contributed by atoms with E-state index in [0.717, 1.165) is 11.3 Å². The van der Waals surface area contributed by atoms with Gasteiger partial charge in [0, 0.05) is 34.4 Å². The molecule has 1 aromatic carbocycles. The number of hydrogen-bond acceptors (Lipinski definition) is 3. The number of carboxylic acid groups (broad SMARTS) is 1. The first-order valence-corrected chi connectivity index (χ1v) is 7.49. The summed E-state index contributed by atoms with van der Waals surface area (Å²) < 4.78 is 0. The van der Waals surface area contributed by atoms with Crippen molar-refractivity contribution in [3.05, 3.63) is 58.4 Å². The van der Waals surface area contributed by atoms with E-state index in [9.17, 15) is 9.59 Å². The molecule has 3 rings (SSSR count). The number of halogens is 1. The summed E-state index contributed by atoms with van der Waals surface area (Å²) in [6, 6.07) is 8.29. The van der Waals surface area contributed by atoms with Crippen molar-refractivity contribution < 1.29 is 14.7 Å². The number of carboxylic acids is 1. The molecule has 2 heterocycles. The van der Waals surface area contributed by atoms with Crippen molar-refractivity contribution in [1.82, 2.24) is 4.98 Å². The molecule has 118 valence electrons. The van der Waals surface area contributed by atoms with Gasteiger partial charge in [-0.05, 0) is 24.3 Å². The zero-order valence-electron chi connectivity index (χ0n) is 12.7. The number of fused-ring (bicyclic) bond motifs is 1. The Hall–Kier alpha value is -2.40. The third-order valence-corrected chi connectivity index (χ3v) is 4.30. The van der Waals surface area contributed by atoms with E-state index in [2.05, 4.69) is 4.98 Å². The van der Waals surface area contributed by atoms with Crippen LogP contribution in [-0.2, 0) is 5.41 Å². The SMILES string of the molecule is CC1(C)CN(C(=O)c2ccc(C(=O)O)cn2)c2cccc(Cl)c21. The Morgan fingerprint density at radius 3 is 2.61 bits per heavy atom. The summed E-state index contributed by atoms with van der Waals surface area (Å²) >= 11 is 6.31. The third-order valence-electron chi connectivity index (χ3n) is 3.99. The molecule has 23 heavy (non-hydrogen) atoms. The van der Waals surface area contributed by atoms with Crippen molar-refractivity contribution in [3.8, 4) is 0 Å². The number of amides is 1. The van der Waals surface area contributed by atoms with Crippen LogP contribution in [0.25, 0.3) is 0 Å². The largest absolute Gasteiger partial charge is 0.478 e. The van der Waals surface area contributed by atoms with Crippen LogP contribution in [0.5, 0.6) is 0 Å². The molecular weight excluding hydrogens is 316 g/mol. The van der Waals surface area contributed by atoms with E-state index in [4.69, 9.17) is 16.7 Å². The first kappa shape index (κ1) is 15.5. The second-order valence-corrected chi connectivity index (χ2v) is 6.55. The van der Waals surface area contributed by atoms with Gasteiger partial charge in [0.1, 0.15) is 5.69 Å². The van der Waals surface area contributed by atoms with Crippen molar-refractivity contribution in [2.75, 3.05) is 11.4 Å². The van der Waals surface area contributed by atoms with Crippen molar-refractivity contribution >= 4 is 29.2 Å². The summed E-state index contributed by atoms with van der Waals surface area (Å²) in [7, 11) is 0. The number of carbonyl (C=O) groups is 2. The van der Waals surface area contributed by atoms with Gasteiger partial charge in [-0.2, -0.15) is 0 Å². The number of aromatic carboxylic acids is 1. The smallest absolute Gasteiger partial charge is 0.337 e. The molecule has 2 aromatic rings. The number of benzene rings is 1. The average molecular weight is 331 g/mol. The molecule has 1 aromatic heterocycles. The number of aromatic nitrogens is 1. The van der Waals surface area contributed by atoms with Crippen LogP contribution in [0.1, 0.15) is 40.3 Å².